The fourth-order valence-electron chi connectivity index (χ4n) is 2.13. The molecule has 0 aliphatic carbocycles. The fraction of sp³-hybridized carbons (Fsp3) is 0.615. The molecule has 0 bridgehead atoms. The smallest absolute Gasteiger partial charge is 0.133 e. The van der Waals surface area contributed by atoms with Gasteiger partial charge in [0.25, 0.3) is 0 Å². The molecule has 0 atom stereocenters. The van der Waals surface area contributed by atoms with Gasteiger partial charge in [-0.1, -0.05) is 13.8 Å². The average Bonchev–Trinajstić information content (AvgIpc) is 2.91. The topological polar surface area (TPSA) is 60.6 Å². The van der Waals surface area contributed by atoms with Gasteiger partial charge in [-0.25, -0.2) is 0 Å². The van der Waals surface area contributed by atoms with Crippen molar-refractivity contribution in [1.82, 2.24) is 29.9 Å². The van der Waals surface area contributed by atoms with Crippen LogP contribution in [0.3, 0.4) is 0 Å². The van der Waals surface area contributed by atoms with Crippen molar-refractivity contribution in [3.63, 3.8) is 0 Å². The van der Waals surface area contributed by atoms with E-state index in [0.29, 0.717) is 5.92 Å². The molecule has 0 spiro atoms. The second-order valence-corrected chi connectivity index (χ2v) is 5.15. The number of aromatic nitrogens is 5. The van der Waals surface area contributed by atoms with Crippen molar-refractivity contribution in [2.75, 3.05) is 6.54 Å². The molecule has 104 valence electrons. The molecule has 0 aliphatic heterocycles. The van der Waals surface area contributed by atoms with E-state index in [9.17, 15) is 0 Å². The van der Waals surface area contributed by atoms with Crippen molar-refractivity contribution in [2.24, 2.45) is 14.1 Å². The molecule has 0 unspecified atom stereocenters. The Morgan fingerprint density at radius 2 is 2.11 bits per heavy atom. The number of nitrogens with zero attached hydrogens (tertiary/aromatic N) is 5. The largest absolute Gasteiger partial charge is 0.321 e. The summed E-state index contributed by atoms with van der Waals surface area (Å²) < 4.78 is 3.83. The van der Waals surface area contributed by atoms with E-state index in [1.54, 1.807) is 6.33 Å². The van der Waals surface area contributed by atoms with Crippen molar-refractivity contribution >= 4 is 0 Å². The summed E-state index contributed by atoms with van der Waals surface area (Å²) in [4.78, 5) is 0. The molecule has 0 saturated carbocycles. The van der Waals surface area contributed by atoms with Crippen molar-refractivity contribution < 1.29 is 0 Å². The minimum absolute atomic E-state index is 0.455. The lowest BCUT2D eigenvalue weighted by atomic mass is 10.1. The van der Waals surface area contributed by atoms with Crippen molar-refractivity contribution in [3.8, 4) is 0 Å². The summed E-state index contributed by atoms with van der Waals surface area (Å²) in [6, 6.07) is 0. The van der Waals surface area contributed by atoms with E-state index in [-0.39, 0.29) is 0 Å². The molecule has 0 aliphatic rings. The highest BCUT2D eigenvalue weighted by Gasteiger charge is 2.10. The summed E-state index contributed by atoms with van der Waals surface area (Å²) >= 11 is 0. The van der Waals surface area contributed by atoms with Crippen LogP contribution in [0.1, 0.15) is 36.8 Å². The molecular formula is C13H22N6. The standard InChI is InChI=1S/C13H22N6/c1-10(2)13-11(8-19(4)17-13)7-14-6-5-12-16-15-9-18(12)3/h8-10,14H,5-7H2,1-4H3. The van der Waals surface area contributed by atoms with Crippen LogP contribution < -0.4 is 5.32 Å². The highest BCUT2D eigenvalue weighted by Crippen LogP contribution is 2.16. The first-order chi connectivity index (χ1) is 9.08. The van der Waals surface area contributed by atoms with Crippen molar-refractivity contribution in [3.05, 3.63) is 29.6 Å². The molecule has 2 rings (SSSR count). The summed E-state index contributed by atoms with van der Waals surface area (Å²) in [6.07, 6.45) is 4.70. The van der Waals surface area contributed by atoms with Crippen LogP contribution in [-0.4, -0.2) is 31.1 Å². The van der Waals surface area contributed by atoms with Gasteiger partial charge in [0.1, 0.15) is 12.2 Å². The number of hydrogen-bond acceptors (Lipinski definition) is 4. The SMILES string of the molecule is CC(C)c1nn(C)cc1CNCCc1nncn1C. The normalized spacial score (nSPS) is 11.4. The molecule has 1 N–H and O–H groups in total. The highest BCUT2D eigenvalue weighted by atomic mass is 15.3. The molecule has 2 aromatic rings. The molecule has 6 nitrogen and oxygen atoms in total. The van der Waals surface area contributed by atoms with E-state index in [0.717, 1.165) is 25.3 Å². The van der Waals surface area contributed by atoms with E-state index in [1.165, 1.54) is 11.3 Å². The predicted octanol–water partition coefficient (Wildman–Crippen LogP) is 1.00. The van der Waals surface area contributed by atoms with Crippen molar-refractivity contribution in [1.29, 1.82) is 0 Å². The zero-order chi connectivity index (χ0) is 13.8. The molecule has 2 heterocycles. The summed E-state index contributed by atoms with van der Waals surface area (Å²) in [5.74, 6) is 1.46. The lowest BCUT2D eigenvalue weighted by Crippen LogP contribution is -2.18. The number of hydrogen-bond donors (Lipinski definition) is 1. The third-order valence-corrected chi connectivity index (χ3v) is 3.13. The van der Waals surface area contributed by atoms with E-state index in [2.05, 4.69) is 40.7 Å². The Hall–Kier alpha value is -1.69. The van der Waals surface area contributed by atoms with Gasteiger partial charge in [-0.3, -0.25) is 4.68 Å². The maximum absolute atomic E-state index is 4.50. The Balaban J connectivity index is 1.84. The van der Waals surface area contributed by atoms with E-state index in [1.807, 2.05) is 23.3 Å². The van der Waals surface area contributed by atoms with Gasteiger partial charge >= 0.3 is 0 Å². The van der Waals surface area contributed by atoms with Crippen LogP contribution in [-0.2, 0) is 27.1 Å². The molecule has 2 aromatic heterocycles. The lowest BCUT2D eigenvalue weighted by Gasteiger charge is -2.06. The zero-order valence-electron chi connectivity index (χ0n) is 12.1. The van der Waals surface area contributed by atoms with E-state index < -0.39 is 0 Å². The summed E-state index contributed by atoms with van der Waals surface area (Å²) in [5.41, 5.74) is 2.45. The first-order valence-electron chi connectivity index (χ1n) is 6.64. The molecule has 6 heteroatoms. The molecule has 0 aromatic carbocycles. The van der Waals surface area contributed by atoms with Gasteiger partial charge in [0.2, 0.25) is 0 Å². The monoisotopic (exact) mass is 262 g/mol. The maximum atomic E-state index is 4.50. The summed E-state index contributed by atoms with van der Waals surface area (Å²) in [7, 11) is 3.93. The molecular weight excluding hydrogens is 240 g/mol. The Bertz CT molecular complexity index is 525. The van der Waals surface area contributed by atoms with Gasteiger partial charge in [-0.05, 0) is 5.92 Å². The fourth-order valence-corrected chi connectivity index (χ4v) is 2.13. The molecule has 0 radical (unpaired) electrons. The van der Waals surface area contributed by atoms with Crippen LogP contribution in [0.15, 0.2) is 12.5 Å². The van der Waals surface area contributed by atoms with Gasteiger partial charge < -0.3 is 9.88 Å². The van der Waals surface area contributed by atoms with E-state index >= 15 is 0 Å². The third kappa shape index (κ3) is 3.41. The predicted molar refractivity (Wildman–Crippen MR) is 73.7 cm³/mol. The van der Waals surface area contributed by atoms with Crippen LogP contribution in [0.4, 0.5) is 0 Å². The zero-order valence-corrected chi connectivity index (χ0v) is 12.1. The Kier molecular flexibility index (Phi) is 4.31. The Morgan fingerprint density at radius 1 is 1.32 bits per heavy atom. The van der Waals surface area contributed by atoms with E-state index in [4.69, 9.17) is 0 Å². The summed E-state index contributed by atoms with van der Waals surface area (Å²) in [5, 5.41) is 15.9. The van der Waals surface area contributed by atoms with Crippen molar-refractivity contribution in [2.45, 2.75) is 32.7 Å². The second kappa shape index (κ2) is 5.97. The Morgan fingerprint density at radius 3 is 2.74 bits per heavy atom. The van der Waals surface area contributed by atoms with Crippen LogP contribution in [0.5, 0.6) is 0 Å². The first-order valence-corrected chi connectivity index (χ1v) is 6.64. The highest BCUT2D eigenvalue weighted by molar-refractivity contribution is 5.19. The third-order valence-electron chi connectivity index (χ3n) is 3.13. The number of aryl methyl sites for hydroxylation is 2. The quantitative estimate of drug-likeness (QED) is 0.789. The van der Waals surface area contributed by atoms with Gasteiger partial charge in [0.05, 0.1) is 5.69 Å². The van der Waals surface area contributed by atoms with Gasteiger partial charge in [-0.15, -0.1) is 10.2 Å². The maximum Gasteiger partial charge on any atom is 0.133 e. The van der Waals surface area contributed by atoms with Gasteiger partial charge in [0.15, 0.2) is 0 Å². The average molecular weight is 262 g/mol. The first kappa shape index (κ1) is 13.7. The van der Waals surface area contributed by atoms with Crippen LogP contribution in [0, 0.1) is 0 Å². The lowest BCUT2D eigenvalue weighted by molar-refractivity contribution is 0.647. The number of nitrogens with one attached hydrogen (secondary N) is 1. The minimum Gasteiger partial charge on any atom is -0.321 e. The number of rotatable bonds is 6. The second-order valence-electron chi connectivity index (χ2n) is 5.15. The molecule has 0 amide bonds. The van der Waals surface area contributed by atoms with Gasteiger partial charge in [-0.2, -0.15) is 5.10 Å². The Labute approximate surface area is 113 Å². The molecule has 0 saturated heterocycles. The minimum atomic E-state index is 0.455. The van der Waals surface area contributed by atoms with Crippen LogP contribution in [0.25, 0.3) is 0 Å². The summed E-state index contributed by atoms with van der Waals surface area (Å²) in [6.45, 7) is 6.08. The molecule has 0 fully saturated rings. The molecule has 19 heavy (non-hydrogen) atoms. The van der Waals surface area contributed by atoms with Crippen LogP contribution in [0.2, 0.25) is 0 Å². The van der Waals surface area contributed by atoms with Crippen LogP contribution >= 0.6 is 0 Å². The van der Waals surface area contributed by atoms with Gasteiger partial charge in [0, 0.05) is 45.4 Å².